The predicted octanol–water partition coefficient (Wildman–Crippen LogP) is -0.0297. The van der Waals surface area contributed by atoms with Gasteiger partial charge in [-0.15, -0.1) is 0 Å². The van der Waals surface area contributed by atoms with E-state index in [9.17, 15) is 5.11 Å². The number of hydrogen-bond donors (Lipinski definition) is 3. The van der Waals surface area contributed by atoms with Crippen LogP contribution in [0.15, 0.2) is 0 Å². The first-order valence-electron chi connectivity index (χ1n) is 3.50. The average molecular weight is 246 g/mol. The van der Waals surface area contributed by atoms with Gasteiger partial charge in [-0.25, -0.2) is 0 Å². The van der Waals surface area contributed by atoms with Crippen LogP contribution < -0.4 is 0 Å². The molecule has 0 aromatic rings. The lowest BCUT2D eigenvalue weighted by Crippen LogP contribution is -2.53. The fourth-order valence-electron chi connectivity index (χ4n) is 1.08. The van der Waals surface area contributed by atoms with Crippen molar-refractivity contribution in [2.45, 2.75) is 24.6 Å². The van der Waals surface area contributed by atoms with Gasteiger partial charge in [-0.3, -0.25) is 4.18 Å². The van der Waals surface area contributed by atoms with Crippen LogP contribution in [-0.4, -0.2) is 36.3 Å². The molecule has 0 saturated carbocycles. The molecule has 0 aromatic heterocycles. The summed E-state index contributed by atoms with van der Waals surface area (Å²) in [7, 11) is 2.05. The SMILES string of the molecule is O[C@H]1C(OS)C(OS)OC[C@H]1OP. The summed E-state index contributed by atoms with van der Waals surface area (Å²) in [6, 6.07) is 0. The summed E-state index contributed by atoms with van der Waals surface area (Å²) < 4.78 is 19.3. The average Bonchev–Trinajstić information content (AvgIpc) is 2.17. The van der Waals surface area contributed by atoms with Crippen LogP contribution in [0.2, 0.25) is 0 Å². The van der Waals surface area contributed by atoms with Crippen LogP contribution in [0.25, 0.3) is 0 Å². The molecule has 0 radical (unpaired) electrons. The second-order valence-corrected chi connectivity index (χ2v) is 3.24. The first-order valence-corrected chi connectivity index (χ1v) is 4.70. The van der Waals surface area contributed by atoms with Crippen LogP contribution in [0.1, 0.15) is 0 Å². The van der Waals surface area contributed by atoms with Crippen molar-refractivity contribution in [2.75, 3.05) is 6.61 Å². The molecule has 5 atom stereocenters. The van der Waals surface area contributed by atoms with Crippen molar-refractivity contribution in [3.63, 3.8) is 0 Å². The van der Waals surface area contributed by atoms with Gasteiger partial charge in [0.1, 0.15) is 12.2 Å². The van der Waals surface area contributed by atoms with Gasteiger partial charge < -0.3 is 18.6 Å². The van der Waals surface area contributed by atoms with Crippen LogP contribution in [0.4, 0.5) is 0 Å². The fraction of sp³-hybridized carbons (Fsp3) is 1.00. The molecule has 1 N–H and O–H groups in total. The molecule has 0 aliphatic carbocycles. The molecule has 8 heteroatoms. The Labute approximate surface area is 89.6 Å². The maximum absolute atomic E-state index is 9.62. The molecular formula is C5H11O5PS2. The van der Waals surface area contributed by atoms with Crippen molar-refractivity contribution in [1.82, 2.24) is 0 Å². The summed E-state index contributed by atoms with van der Waals surface area (Å²) in [6.45, 7) is 0.212. The molecule has 0 amide bonds. The van der Waals surface area contributed by atoms with E-state index in [4.69, 9.17) is 13.4 Å². The Morgan fingerprint density at radius 2 is 2.08 bits per heavy atom. The van der Waals surface area contributed by atoms with Gasteiger partial charge in [0.05, 0.1) is 6.61 Å². The summed E-state index contributed by atoms with van der Waals surface area (Å²) in [6.07, 6.45) is -2.80. The zero-order valence-electron chi connectivity index (χ0n) is 6.57. The lowest BCUT2D eigenvalue weighted by molar-refractivity contribution is -0.219. The van der Waals surface area contributed by atoms with Gasteiger partial charge in [-0.2, -0.15) is 0 Å². The first-order chi connectivity index (χ1) is 6.24. The minimum atomic E-state index is -0.860. The Balaban J connectivity index is 2.59. The van der Waals surface area contributed by atoms with Crippen LogP contribution >= 0.6 is 35.3 Å². The summed E-state index contributed by atoms with van der Waals surface area (Å²) >= 11 is 7.18. The molecule has 1 rings (SSSR count). The second kappa shape index (κ2) is 5.72. The van der Waals surface area contributed by atoms with E-state index in [0.717, 1.165) is 0 Å². The highest BCUT2D eigenvalue weighted by Gasteiger charge is 2.41. The maximum atomic E-state index is 9.62. The van der Waals surface area contributed by atoms with Gasteiger partial charge in [0.2, 0.25) is 0 Å². The molecule has 1 fully saturated rings. The summed E-state index contributed by atoms with van der Waals surface area (Å²) in [5, 5.41) is 9.62. The number of thiol groups is 2. The number of hydrogen-bond acceptors (Lipinski definition) is 7. The molecule has 0 spiro atoms. The zero-order valence-corrected chi connectivity index (χ0v) is 9.51. The van der Waals surface area contributed by atoms with Crippen LogP contribution in [-0.2, 0) is 17.6 Å². The van der Waals surface area contributed by atoms with E-state index in [-0.39, 0.29) is 6.61 Å². The highest BCUT2D eigenvalue weighted by molar-refractivity contribution is 7.75. The number of ether oxygens (including phenoxy) is 1. The van der Waals surface area contributed by atoms with E-state index in [1.165, 1.54) is 0 Å². The van der Waals surface area contributed by atoms with E-state index in [0.29, 0.717) is 0 Å². The minimum Gasteiger partial charge on any atom is -0.387 e. The lowest BCUT2D eigenvalue weighted by Gasteiger charge is -2.36. The van der Waals surface area contributed by atoms with Crippen molar-refractivity contribution in [3.8, 4) is 0 Å². The van der Waals surface area contributed by atoms with Gasteiger partial charge in [0.15, 0.2) is 12.4 Å². The highest BCUT2D eigenvalue weighted by atomic mass is 32.1. The van der Waals surface area contributed by atoms with Crippen molar-refractivity contribution >= 4 is 35.3 Å². The summed E-state index contributed by atoms with van der Waals surface area (Å²) in [4.78, 5) is 0. The molecule has 1 aliphatic heterocycles. The van der Waals surface area contributed by atoms with Crippen molar-refractivity contribution in [1.29, 1.82) is 0 Å². The van der Waals surface area contributed by atoms with Crippen LogP contribution in [0.3, 0.4) is 0 Å². The molecule has 13 heavy (non-hydrogen) atoms. The normalized spacial score (nSPS) is 40.6. The standard InChI is InChI=1S/C5H11O5PS2/c6-3-2(8-11)1-7-5(10-13)4(3)9-12/h2-6,12-13H,1,11H2/t2-,3-,4?,5?/m1/s1. The highest BCUT2D eigenvalue weighted by Crippen LogP contribution is 2.24. The molecule has 0 bridgehead atoms. The molecule has 5 nitrogen and oxygen atoms in total. The monoisotopic (exact) mass is 246 g/mol. The van der Waals surface area contributed by atoms with Crippen molar-refractivity contribution < 1.29 is 22.7 Å². The van der Waals surface area contributed by atoms with E-state index >= 15 is 0 Å². The van der Waals surface area contributed by atoms with E-state index in [2.05, 4.69) is 39.5 Å². The molecule has 78 valence electrons. The van der Waals surface area contributed by atoms with Crippen LogP contribution in [0, 0.1) is 0 Å². The maximum Gasteiger partial charge on any atom is 0.200 e. The van der Waals surface area contributed by atoms with Crippen molar-refractivity contribution in [2.24, 2.45) is 0 Å². The predicted molar refractivity (Wildman–Crippen MR) is 54.3 cm³/mol. The third-order valence-electron chi connectivity index (χ3n) is 1.81. The molecule has 1 aliphatic rings. The van der Waals surface area contributed by atoms with Gasteiger partial charge in [-0.1, -0.05) is 0 Å². The summed E-state index contributed by atoms with van der Waals surface area (Å²) in [5.74, 6) is 0. The second-order valence-electron chi connectivity index (χ2n) is 2.54. The Hall–Kier alpha value is 0.930. The molecule has 3 unspecified atom stereocenters. The first kappa shape index (κ1) is 12.0. The molecular weight excluding hydrogens is 235 g/mol. The largest absolute Gasteiger partial charge is 0.387 e. The Bertz CT molecular complexity index is 162. The molecule has 1 heterocycles. The quantitative estimate of drug-likeness (QED) is 0.371. The van der Waals surface area contributed by atoms with Crippen molar-refractivity contribution in [3.05, 3.63) is 0 Å². The van der Waals surface area contributed by atoms with Gasteiger partial charge in [0, 0.05) is 9.47 Å². The smallest absolute Gasteiger partial charge is 0.200 e. The minimum absolute atomic E-state index is 0.212. The molecule has 0 aromatic carbocycles. The van der Waals surface area contributed by atoms with E-state index in [1.54, 1.807) is 0 Å². The van der Waals surface area contributed by atoms with E-state index < -0.39 is 24.6 Å². The topological polar surface area (TPSA) is 57.2 Å². The van der Waals surface area contributed by atoms with Crippen LogP contribution in [0.5, 0.6) is 0 Å². The third-order valence-corrected chi connectivity index (χ3v) is 2.61. The van der Waals surface area contributed by atoms with Gasteiger partial charge >= 0.3 is 0 Å². The van der Waals surface area contributed by atoms with Gasteiger partial charge in [0.25, 0.3) is 0 Å². The number of rotatable bonds is 3. The Kier molecular flexibility index (Phi) is 5.28. The lowest BCUT2D eigenvalue weighted by atomic mass is 10.1. The number of aliphatic hydroxyl groups excluding tert-OH is 1. The van der Waals surface area contributed by atoms with E-state index in [1.807, 2.05) is 0 Å². The number of aliphatic hydroxyl groups is 1. The molecule has 1 saturated heterocycles. The van der Waals surface area contributed by atoms with Gasteiger partial charge in [-0.05, 0) is 25.8 Å². The fourth-order valence-corrected chi connectivity index (χ4v) is 1.72. The summed E-state index contributed by atoms with van der Waals surface area (Å²) in [5.41, 5.74) is 0. The third kappa shape index (κ3) is 2.70. The Morgan fingerprint density at radius 1 is 1.38 bits per heavy atom. The Morgan fingerprint density at radius 3 is 2.54 bits per heavy atom. The zero-order chi connectivity index (χ0) is 9.84.